The van der Waals surface area contributed by atoms with Crippen LogP contribution in [0.3, 0.4) is 0 Å². The van der Waals surface area contributed by atoms with Crippen LogP contribution in [0.4, 0.5) is 8.78 Å². The average molecular weight is 352 g/mol. The molecular weight excluding hydrogens is 345 g/mol. The summed E-state index contributed by atoms with van der Waals surface area (Å²) in [6.45, 7) is 0. The van der Waals surface area contributed by atoms with Crippen molar-refractivity contribution in [2.24, 2.45) is 0 Å². The van der Waals surface area contributed by atoms with E-state index in [4.69, 9.17) is 5.26 Å². The number of rotatable bonds is 3. The Morgan fingerprint density at radius 2 is 2.35 bits per heavy atom. The maximum Gasteiger partial charge on any atom is 0.311 e. The monoisotopic (exact) mass is 352 g/mol. The van der Waals surface area contributed by atoms with Crippen LogP contribution in [0.2, 0.25) is 0 Å². The first-order chi connectivity index (χ1) is 8.01. The van der Waals surface area contributed by atoms with Gasteiger partial charge in [-0.3, -0.25) is 9.78 Å². The van der Waals surface area contributed by atoms with Gasteiger partial charge in [0.05, 0.1) is 30.4 Å². The molecule has 7 heteroatoms. The topological polar surface area (TPSA) is 63.0 Å². The lowest BCUT2D eigenvalue weighted by molar-refractivity contribution is -0.139. The van der Waals surface area contributed by atoms with Gasteiger partial charge in [0.25, 0.3) is 6.43 Å². The van der Waals surface area contributed by atoms with Crippen LogP contribution >= 0.6 is 22.6 Å². The Bertz CT molecular complexity index is 486. The molecule has 17 heavy (non-hydrogen) atoms. The fourth-order valence-corrected chi connectivity index (χ4v) is 1.79. The van der Waals surface area contributed by atoms with E-state index in [1.165, 1.54) is 6.20 Å². The molecule has 4 nitrogen and oxygen atoms in total. The molecule has 1 aromatic rings. The molecule has 0 radical (unpaired) electrons. The first kappa shape index (κ1) is 13.8. The van der Waals surface area contributed by atoms with E-state index >= 15 is 0 Å². The lowest BCUT2D eigenvalue weighted by Gasteiger charge is -2.09. The Balaban J connectivity index is 3.31. The minimum Gasteiger partial charge on any atom is -0.469 e. The molecule has 0 aromatic carbocycles. The summed E-state index contributed by atoms with van der Waals surface area (Å²) in [6.07, 6.45) is -1.95. The number of hydrogen-bond acceptors (Lipinski definition) is 4. The largest absolute Gasteiger partial charge is 0.469 e. The van der Waals surface area contributed by atoms with Crippen molar-refractivity contribution in [1.82, 2.24) is 4.98 Å². The Labute approximate surface area is 110 Å². The minimum absolute atomic E-state index is 0.121. The highest BCUT2D eigenvalue weighted by atomic mass is 127. The number of alkyl halides is 2. The predicted molar refractivity (Wildman–Crippen MR) is 62.3 cm³/mol. The molecular formula is C10H7F2IN2O2. The SMILES string of the molecule is COC(=O)Cc1ncc(I)c(C#N)c1C(F)F. The van der Waals surface area contributed by atoms with Crippen LogP contribution in [0.1, 0.15) is 23.2 Å². The van der Waals surface area contributed by atoms with Crippen LogP contribution in [0.25, 0.3) is 0 Å². The Morgan fingerprint density at radius 1 is 1.71 bits per heavy atom. The Hall–Kier alpha value is -1.30. The molecule has 90 valence electrons. The molecule has 0 amide bonds. The molecule has 0 N–H and O–H groups in total. The van der Waals surface area contributed by atoms with E-state index in [9.17, 15) is 13.6 Å². The van der Waals surface area contributed by atoms with Gasteiger partial charge in [-0.25, -0.2) is 8.78 Å². The molecule has 0 bridgehead atoms. The van der Waals surface area contributed by atoms with Gasteiger partial charge >= 0.3 is 5.97 Å². The number of carbonyl (C=O) groups is 1. The zero-order chi connectivity index (χ0) is 13.0. The summed E-state index contributed by atoms with van der Waals surface area (Å²) in [5.41, 5.74) is -0.761. The standard InChI is InChI=1S/C10H7F2IN2O2/c1-17-8(16)2-7-9(10(11)12)5(3-14)6(13)4-15-7/h4,10H,2H2,1H3. The maximum atomic E-state index is 12.9. The number of ether oxygens (including phenoxy) is 1. The summed E-state index contributed by atoms with van der Waals surface area (Å²) >= 11 is 1.74. The summed E-state index contributed by atoms with van der Waals surface area (Å²) < 4.78 is 30.4. The molecule has 0 atom stereocenters. The number of halogens is 3. The van der Waals surface area contributed by atoms with Gasteiger partial charge < -0.3 is 4.74 Å². The fourth-order valence-electron chi connectivity index (χ4n) is 1.24. The number of carbonyl (C=O) groups excluding carboxylic acids is 1. The second-order valence-electron chi connectivity index (χ2n) is 3.01. The number of nitrogens with zero attached hydrogens (tertiary/aromatic N) is 2. The van der Waals surface area contributed by atoms with E-state index in [1.807, 2.05) is 0 Å². The highest BCUT2D eigenvalue weighted by molar-refractivity contribution is 14.1. The van der Waals surface area contributed by atoms with Crippen LogP contribution < -0.4 is 0 Å². The Morgan fingerprint density at radius 3 is 2.82 bits per heavy atom. The van der Waals surface area contributed by atoms with Crippen molar-refractivity contribution in [3.63, 3.8) is 0 Å². The molecule has 0 aliphatic rings. The molecule has 0 fully saturated rings. The molecule has 0 spiro atoms. The number of esters is 1. The van der Waals surface area contributed by atoms with E-state index < -0.39 is 18.0 Å². The van der Waals surface area contributed by atoms with Crippen molar-refractivity contribution >= 4 is 28.6 Å². The van der Waals surface area contributed by atoms with Crippen molar-refractivity contribution in [2.45, 2.75) is 12.8 Å². The van der Waals surface area contributed by atoms with Gasteiger partial charge in [-0.2, -0.15) is 5.26 Å². The lowest BCUT2D eigenvalue weighted by Crippen LogP contribution is -2.11. The number of hydrogen-bond donors (Lipinski definition) is 0. The van der Waals surface area contributed by atoms with Crippen LogP contribution in [0, 0.1) is 14.9 Å². The summed E-state index contributed by atoms with van der Waals surface area (Å²) in [5, 5.41) is 8.83. The lowest BCUT2D eigenvalue weighted by atomic mass is 10.1. The molecule has 1 aromatic heterocycles. The van der Waals surface area contributed by atoms with Gasteiger partial charge in [0, 0.05) is 9.77 Å². The molecule has 1 rings (SSSR count). The normalized spacial score (nSPS) is 10.1. The first-order valence-electron chi connectivity index (χ1n) is 4.43. The van der Waals surface area contributed by atoms with Crippen molar-refractivity contribution in [2.75, 3.05) is 7.11 Å². The van der Waals surface area contributed by atoms with Crippen LogP contribution in [0.5, 0.6) is 0 Å². The first-order valence-corrected chi connectivity index (χ1v) is 5.51. The molecule has 0 aliphatic carbocycles. The third kappa shape index (κ3) is 3.09. The second kappa shape index (κ2) is 5.86. The van der Waals surface area contributed by atoms with E-state index in [1.54, 1.807) is 28.7 Å². The van der Waals surface area contributed by atoms with Crippen LogP contribution in [0.15, 0.2) is 6.20 Å². The third-order valence-electron chi connectivity index (χ3n) is 2.02. The summed E-state index contributed by atoms with van der Waals surface area (Å²) in [5.74, 6) is -0.676. The van der Waals surface area contributed by atoms with E-state index in [0.717, 1.165) is 7.11 Å². The molecule has 0 saturated heterocycles. The summed E-state index contributed by atoms with van der Waals surface area (Å²) in [7, 11) is 1.16. The van der Waals surface area contributed by atoms with Crippen molar-refractivity contribution in [3.05, 3.63) is 26.6 Å². The van der Waals surface area contributed by atoms with Crippen LogP contribution in [-0.4, -0.2) is 18.1 Å². The zero-order valence-corrected chi connectivity index (χ0v) is 10.9. The van der Waals surface area contributed by atoms with E-state index in [-0.39, 0.29) is 17.7 Å². The van der Waals surface area contributed by atoms with Gasteiger partial charge in [-0.15, -0.1) is 0 Å². The van der Waals surface area contributed by atoms with Crippen molar-refractivity contribution in [1.29, 1.82) is 5.26 Å². The summed E-state index contributed by atoms with van der Waals surface area (Å²) in [4.78, 5) is 14.8. The average Bonchev–Trinajstić information content (AvgIpc) is 2.30. The molecule has 1 heterocycles. The fraction of sp³-hybridized carbons (Fsp3) is 0.300. The number of pyridine rings is 1. The molecule has 0 unspecified atom stereocenters. The Kier molecular flexibility index (Phi) is 4.74. The van der Waals surface area contributed by atoms with Gasteiger partial charge in [0.15, 0.2) is 0 Å². The number of methoxy groups -OCH3 is 1. The van der Waals surface area contributed by atoms with E-state index in [2.05, 4.69) is 9.72 Å². The van der Waals surface area contributed by atoms with Crippen LogP contribution in [-0.2, 0) is 16.0 Å². The summed E-state index contributed by atoms with van der Waals surface area (Å²) in [6, 6.07) is 1.70. The highest BCUT2D eigenvalue weighted by Gasteiger charge is 2.23. The van der Waals surface area contributed by atoms with Gasteiger partial charge in [0.2, 0.25) is 0 Å². The quantitative estimate of drug-likeness (QED) is 0.618. The molecule has 0 saturated carbocycles. The van der Waals surface area contributed by atoms with Crippen molar-refractivity contribution < 1.29 is 18.3 Å². The van der Waals surface area contributed by atoms with Gasteiger partial charge in [0.1, 0.15) is 6.07 Å². The maximum absolute atomic E-state index is 12.9. The highest BCUT2D eigenvalue weighted by Crippen LogP contribution is 2.28. The molecule has 0 aliphatic heterocycles. The van der Waals surface area contributed by atoms with Gasteiger partial charge in [-0.05, 0) is 22.6 Å². The second-order valence-corrected chi connectivity index (χ2v) is 4.17. The third-order valence-corrected chi connectivity index (χ3v) is 2.84. The van der Waals surface area contributed by atoms with Crippen molar-refractivity contribution in [3.8, 4) is 6.07 Å². The number of nitriles is 1. The van der Waals surface area contributed by atoms with E-state index in [0.29, 0.717) is 3.57 Å². The predicted octanol–water partition coefficient (Wildman–Crippen LogP) is 2.21. The van der Waals surface area contributed by atoms with Gasteiger partial charge in [-0.1, -0.05) is 0 Å². The smallest absolute Gasteiger partial charge is 0.311 e. The zero-order valence-electron chi connectivity index (χ0n) is 8.71. The minimum atomic E-state index is -2.86. The number of aromatic nitrogens is 1.